The number of benzene rings is 2. The molecule has 2 aromatic carbocycles. The summed E-state index contributed by atoms with van der Waals surface area (Å²) in [5.41, 5.74) is 1.77. The number of para-hydroxylation sites is 1. The van der Waals surface area contributed by atoms with E-state index in [9.17, 15) is 13.2 Å². The molecule has 1 saturated carbocycles. The molecule has 156 valence electrons. The highest BCUT2D eigenvalue weighted by Crippen LogP contribution is 2.28. The van der Waals surface area contributed by atoms with E-state index in [0.717, 1.165) is 54.2 Å². The van der Waals surface area contributed by atoms with Crippen molar-refractivity contribution in [2.75, 3.05) is 11.9 Å². The molecule has 0 radical (unpaired) electrons. The van der Waals surface area contributed by atoms with Gasteiger partial charge in [0.2, 0.25) is 15.9 Å². The van der Waals surface area contributed by atoms with Crippen molar-refractivity contribution < 1.29 is 13.2 Å². The number of sulfonamides is 1. The Bertz CT molecular complexity index is 939. The Hall–Kier alpha value is -1.70. The van der Waals surface area contributed by atoms with E-state index in [2.05, 4.69) is 21.2 Å². The highest BCUT2D eigenvalue weighted by molar-refractivity contribution is 9.10. The van der Waals surface area contributed by atoms with Crippen LogP contribution in [0.5, 0.6) is 0 Å². The molecule has 29 heavy (non-hydrogen) atoms. The monoisotopic (exact) mass is 478 g/mol. The number of hydrogen-bond acceptors (Lipinski definition) is 3. The van der Waals surface area contributed by atoms with E-state index in [4.69, 9.17) is 0 Å². The van der Waals surface area contributed by atoms with Gasteiger partial charge >= 0.3 is 0 Å². The van der Waals surface area contributed by atoms with Crippen LogP contribution in [0, 0.1) is 0 Å². The number of nitrogens with zero attached hydrogens (tertiary/aromatic N) is 1. The van der Waals surface area contributed by atoms with Gasteiger partial charge in [-0.2, -0.15) is 4.31 Å². The fourth-order valence-corrected chi connectivity index (χ4v) is 5.71. The second-order valence-electron chi connectivity index (χ2n) is 7.35. The summed E-state index contributed by atoms with van der Waals surface area (Å²) in [4.78, 5) is 13.1. The van der Waals surface area contributed by atoms with E-state index in [1.165, 1.54) is 4.31 Å². The number of aryl methyl sites for hydroxylation is 1. The van der Waals surface area contributed by atoms with E-state index in [1.54, 1.807) is 24.3 Å². The highest BCUT2D eigenvalue weighted by atomic mass is 79.9. The molecule has 1 amide bonds. The number of amides is 1. The smallest absolute Gasteiger partial charge is 0.243 e. The average molecular weight is 479 g/mol. The standard InChI is InChI=1S/C22H27BrN2O3S/c1-2-17-8-6-7-11-21(17)24-22(26)16-25(19-9-4-3-5-10-19)29(27,28)20-14-12-18(23)13-15-20/h6-8,11-15,19H,2-5,9-10,16H2,1H3,(H,24,26). The Morgan fingerprint density at radius 1 is 1.07 bits per heavy atom. The van der Waals surface area contributed by atoms with E-state index in [-0.39, 0.29) is 23.4 Å². The van der Waals surface area contributed by atoms with Gasteiger partial charge in [-0.1, -0.05) is 60.3 Å². The van der Waals surface area contributed by atoms with Gasteiger partial charge in [-0.25, -0.2) is 8.42 Å². The van der Waals surface area contributed by atoms with Crippen LogP contribution in [-0.4, -0.2) is 31.2 Å². The molecule has 0 aromatic heterocycles. The van der Waals surface area contributed by atoms with Crippen LogP contribution in [0.15, 0.2) is 57.9 Å². The number of carbonyl (C=O) groups excluding carboxylic acids is 1. The molecule has 1 aliphatic carbocycles. The van der Waals surface area contributed by atoms with Crippen LogP contribution >= 0.6 is 15.9 Å². The lowest BCUT2D eigenvalue weighted by Gasteiger charge is -2.33. The minimum atomic E-state index is -3.77. The zero-order valence-corrected chi connectivity index (χ0v) is 19.0. The van der Waals surface area contributed by atoms with Crippen molar-refractivity contribution in [1.82, 2.24) is 4.31 Å². The highest BCUT2D eigenvalue weighted by Gasteiger charge is 2.34. The average Bonchev–Trinajstić information content (AvgIpc) is 2.73. The van der Waals surface area contributed by atoms with E-state index in [0.29, 0.717) is 0 Å². The third-order valence-electron chi connectivity index (χ3n) is 5.37. The SMILES string of the molecule is CCc1ccccc1NC(=O)CN(C1CCCCC1)S(=O)(=O)c1ccc(Br)cc1. The first-order chi connectivity index (χ1) is 13.9. The van der Waals surface area contributed by atoms with Gasteiger partial charge in [0.25, 0.3) is 0 Å². The second kappa shape index (κ2) is 9.87. The number of hydrogen-bond donors (Lipinski definition) is 1. The maximum Gasteiger partial charge on any atom is 0.243 e. The first-order valence-corrected chi connectivity index (χ1v) is 12.3. The van der Waals surface area contributed by atoms with Gasteiger partial charge < -0.3 is 5.32 Å². The maximum absolute atomic E-state index is 13.4. The van der Waals surface area contributed by atoms with E-state index >= 15 is 0 Å². The maximum atomic E-state index is 13.4. The van der Waals surface area contributed by atoms with Crippen LogP contribution in [0.4, 0.5) is 5.69 Å². The van der Waals surface area contributed by atoms with E-state index < -0.39 is 10.0 Å². The third kappa shape index (κ3) is 5.47. The van der Waals surface area contributed by atoms with Crippen molar-refractivity contribution in [3.05, 3.63) is 58.6 Å². The second-order valence-corrected chi connectivity index (χ2v) is 10.2. The molecule has 7 heteroatoms. The summed E-state index contributed by atoms with van der Waals surface area (Å²) >= 11 is 3.34. The molecular weight excluding hydrogens is 452 g/mol. The molecule has 1 aliphatic rings. The topological polar surface area (TPSA) is 66.5 Å². The summed E-state index contributed by atoms with van der Waals surface area (Å²) < 4.78 is 29.0. The van der Waals surface area contributed by atoms with Gasteiger partial charge in [-0.05, 0) is 55.2 Å². The number of rotatable bonds is 7. The quantitative estimate of drug-likeness (QED) is 0.610. The Labute approximate surface area is 181 Å². The zero-order valence-electron chi connectivity index (χ0n) is 16.6. The van der Waals surface area contributed by atoms with Crippen molar-refractivity contribution in [3.8, 4) is 0 Å². The lowest BCUT2D eigenvalue weighted by Crippen LogP contribution is -2.45. The van der Waals surface area contributed by atoms with Crippen LogP contribution in [0.2, 0.25) is 0 Å². The molecule has 3 rings (SSSR count). The van der Waals surface area contributed by atoms with Gasteiger partial charge in [0.05, 0.1) is 11.4 Å². The summed E-state index contributed by atoms with van der Waals surface area (Å²) in [7, 11) is -3.77. The minimum absolute atomic E-state index is 0.149. The van der Waals surface area contributed by atoms with Crippen molar-refractivity contribution >= 4 is 37.5 Å². The minimum Gasteiger partial charge on any atom is -0.325 e. The van der Waals surface area contributed by atoms with Gasteiger partial charge in [0.15, 0.2) is 0 Å². The lowest BCUT2D eigenvalue weighted by molar-refractivity contribution is -0.116. The van der Waals surface area contributed by atoms with Crippen LogP contribution in [0.1, 0.15) is 44.6 Å². The fraction of sp³-hybridized carbons (Fsp3) is 0.409. The van der Waals surface area contributed by atoms with Crippen LogP contribution in [-0.2, 0) is 21.2 Å². The molecular formula is C22H27BrN2O3S. The largest absolute Gasteiger partial charge is 0.325 e. The Balaban J connectivity index is 1.85. The van der Waals surface area contributed by atoms with Gasteiger partial charge in [-0.15, -0.1) is 0 Å². The third-order valence-corrected chi connectivity index (χ3v) is 7.82. The summed E-state index contributed by atoms with van der Waals surface area (Å²) in [5, 5.41) is 2.91. The molecule has 0 atom stereocenters. The normalized spacial score (nSPS) is 15.4. The predicted octanol–water partition coefficient (Wildman–Crippen LogP) is 4.97. The fourth-order valence-electron chi connectivity index (χ4n) is 3.80. The predicted molar refractivity (Wildman–Crippen MR) is 119 cm³/mol. The van der Waals surface area contributed by atoms with Crippen molar-refractivity contribution in [2.24, 2.45) is 0 Å². The summed E-state index contributed by atoms with van der Waals surface area (Å²) in [6.07, 6.45) is 5.44. The van der Waals surface area contributed by atoms with Gasteiger partial charge in [0.1, 0.15) is 0 Å². The van der Waals surface area contributed by atoms with Gasteiger partial charge in [0, 0.05) is 16.2 Å². The van der Waals surface area contributed by atoms with E-state index in [1.807, 2.05) is 31.2 Å². The first-order valence-electron chi connectivity index (χ1n) is 10.1. The molecule has 0 saturated heterocycles. The Morgan fingerprint density at radius 3 is 2.38 bits per heavy atom. The number of nitrogens with one attached hydrogen (secondary N) is 1. The first kappa shape index (κ1) is 22.0. The molecule has 0 unspecified atom stereocenters. The van der Waals surface area contributed by atoms with Crippen LogP contribution in [0.25, 0.3) is 0 Å². The van der Waals surface area contributed by atoms with Crippen LogP contribution < -0.4 is 5.32 Å². The van der Waals surface area contributed by atoms with Crippen molar-refractivity contribution in [3.63, 3.8) is 0 Å². The van der Waals surface area contributed by atoms with Gasteiger partial charge in [-0.3, -0.25) is 4.79 Å². The summed E-state index contributed by atoms with van der Waals surface area (Å²) in [6.45, 7) is 1.85. The zero-order chi connectivity index (χ0) is 20.9. The number of anilines is 1. The molecule has 1 fully saturated rings. The molecule has 0 heterocycles. The molecule has 5 nitrogen and oxygen atoms in total. The molecule has 1 N–H and O–H groups in total. The molecule has 0 aliphatic heterocycles. The lowest BCUT2D eigenvalue weighted by atomic mass is 9.95. The van der Waals surface area contributed by atoms with Crippen molar-refractivity contribution in [2.45, 2.75) is 56.4 Å². The number of carbonyl (C=O) groups is 1. The molecule has 0 bridgehead atoms. The number of halogens is 1. The summed E-state index contributed by atoms with van der Waals surface area (Å²) in [6, 6.07) is 14.1. The van der Waals surface area contributed by atoms with Crippen LogP contribution in [0.3, 0.4) is 0 Å². The Morgan fingerprint density at radius 2 is 1.72 bits per heavy atom. The molecule has 0 spiro atoms. The Kier molecular flexibility index (Phi) is 7.49. The summed E-state index contributed by atoms with van der Waals surface area (Å²) in [5.74, 6) is -0.308. The molecule has 2 aromatic rings. The van der Waals surface area contributed by atoms with Crippen molar-refractivity contribution in [1.29, 1.82) is 0 Å².